The van der Waals surface area contributed by atoms with E-state index in [0.717, 1.165) is 11.8 Å². The summed E-state index contributed by atoms with van der Waals surface area (Å²) in [7, 11) is 0. The van der Waals surface area contributed by atoms with E-state index in [1.54, 1.807) is 0 Å². The highest BCUT2D eigenvalue weighted by Gasteiger charge is 2.43. The van der Waals surface area contributed by atoms with Crippen LogP contribution in [0.2, 0.25) is 0 Å². The molecule has 1 aliphatic carbocycles. The second-order valence-corrected chi connectivity index (χ2v) is 7.49. The van der Waals surface area contributed by atoms with Crippen LogP contribution in [0.1, 0.15) is 72.1 Å². The first-order valence-electron chi connectivity index (χ1n) is 8.96. The van der Waals surface area contributed by atoms with Crippen LogP contribution in [0.5, 0.6) is 0 Å². The summed E-state index contributed by atoms with van der Waals surface area (Å²) in [6.45, 7) is 9.39. The number of hydrogen-bond donors (Lipinski definition) is 0. The number of nitrogens with zero attached hydrogens (tertiary/aromatic N) is 1. The first-order chi connectivity index (χ1) is 10.1. The summed E-state index contributed by atoms with van der Waals surface area (Å²) in [6, 6.07) is 0. The average molecular weight is 295 g/mol. The predicted molar refractivity (Wildman–Crippen MR) is 86.2 cm³/mol. The molecule has 0 aromatic rings. The number of hydrogen-bond acceptors (Lipinski definition) is 3. The van der Waals surface area contributed by atoms with Gasteiger partial charge in [-0.25, -0.2) is 0 Å². The van der Waals surface area contributed by atoms with Crippen LogP contribution in [0.4, 0.5) is 0 Å². The summed E-state index contributed by atoms with van der Waals surface area (Å²) in [5.74, 6) is 1.55. The van der Waals surface area contributed by atoms with Crippen molar-refractivity contribution in [2.75, 3.05) is 19.7 Å². The number of carbonyl (C=O) groups is 1. The maximum absolute atomic E-state index is 12.2. The lowest BCUT2D eigenvalue weighted by Gasteiger charge is -2.47. The van der Waals surface area contributed by atoms with Gasteiger partial charge in [0.2, 0.25) is 0 Å². The van der Waals surface area contributed by atoms with E-state index < -0.39 is 0 Å². The fourth-order valence-corrected chi connectivity index (χ4v) is 4.56. The zero-order valence-corrected chi connectivity index (χ0v) is 14.2. The van der Waals surface area contributed by atoms with Crippen molar-refractivity contribution in [1.82, 2.24) is 4.90 Å². The second-order valence-electron chi connectivity index (χ2n) is 7.49. The molecule has 0 spiro atoms. The van der Waals surface area contributed by atoms with Gasteiger partial charge in [0.1, 0.15) is 0 Å². The molecule has 0 amide bonds. The van der Waals surface area contributed by atoms with Crippen LogP contribution < -0.4 is 0 Å². The molecule has 21 heavy (non-hydrogen) atoms. The monoisotopic (exact) mass is 295 g/mol. The van der Waals surface area contributed by atoms with E-state index in [-0.39, 0.29) is 11.5 Å². The Bertz CT molecular complexity index is 336. The Hall–Kier alpha value is -0.570. The normalized spacial score (nSPS) is 30.8. The van der Waals surface area contributed by atoms with E-state index >= 15 is 0 Å². The summed E-state index contributed by atoms with van der Waals surface area (Å²) < 4.78 is 5.28. The molecule has 3 nitrogen and oxygen atoms in total. The quantitative estimate of drug-likeness (QED) is 0.693. The molecule has 1 heterocycles. The van der Waals surface area contributed by atoms with Crippen LogP contribution in [0.15, 0.2) is 0 Å². The number of likely N-dealkylation sites (tertiary alicyclic amines) is 1. The van der Waals surface area contributed by atoms with Crippen LogP contribution in [0, 0.1) is 11.8 Å². The smallest absolute Gasteiger partial charge is 0.307 e. The number of esters is 1. The summed E-state index contributed by atoms with van der Waals surface area (Å²) in [4.78, 5) is 14.8. The number of carbonyl (C=O) groups excluding carboxylic acids is 1. The molecular formula is C18H33NO2. The maximum Gasteiger partial charge on any atom is 0.307 e. The minimum absolute atomic E-state index is 0.00889. The summed E-state index contributed by atoms with van der Waals surface area (Å²) in [5, 5.41) is 0. The molecule has 0 aromatic heterocycles. The third-order valence-electron chi connectivity index (χ3n) is 5.28. The van der Waals surface area contributed by atoms with E-state index in [2.05, 4.69) is 18.7 Å². The molecule has 0 bridgehead atoms. The molecule has 2 rings (SSSR count). The van der Waals surface area contributed by atoms with Gasteiger partial charge in [-0.1, -0.05) is 26.7 Å². The van der Waals surface area contributed by atoms with Crippen LogP contribution in [0.3, 0.4) is 0 Å². The molecule has 2 fully saturated rings. The van der Waals surface area contributed by atoms with Crippen molar-refractivity contribution in [1.29, 1.82) is 0 Å². The fourth-order valence-electron chi connectivity index (χ4n) is 4.56. The number of rotatable bonds is 6. The molecule has 2 unspecified atom stereocenters. The lowest BCUT2D eigenvalue weighted by molar-refractivity contribution is -0.147. The summed E-state index contributed by atoms with van der Waals surface area (Å²) >= 11 is 0. The van der Waals surface area contributed by atoms with Crippen LogP contribution in [-0.4, -0.2) is 36.1 Å². The third kappa shape index (κ3) is 4.45. The van der Waals surface area contributed by atoms with Crippen molar-refractivity contribution in [3.63, 3.8) is 0 Å². The van der Waals surface area contributed by atoms with Crippen molar-refractivity contribution in [2.45, 2.75) is 77.7 Å². The van der Waals surface area contributed by atoms with Crippen LogP contribution in [-0.2, 0) is 9.53 Å². The lowest BCUT2D eigenvalue weighted by Crippen LogP contribution is -2.52. The second kappa shape index (κ2) is 7.62. The minimum Gasteiger partial charge on any atom is -0.466 e. The predicted octanol–water partition coefficient (Wildman–Crippen LogP) is 4.01. The van der Waals surface area contributed by atoms with Crippen molar-refractivity contribution in [3.05, 3.63) is 0 Å². The molecule has 3 heteroatoms. The third-order valence-corrected chi connectivity index (χ3v) is 5.28. The van der Waals surface area contributed by atoms with Gasteiger partial charge in [0.05, 0.1) is 13.0 Å². The van der Waals surface area contributed by atoms with E-state index in [4.69, 9.17) is 4.74 Å². The zero-order valence-electron chi connectivity index (χ0n) is 14.2. The largest absolute Gasteiger partial charge is 0.466 e. The van der Waals surface area contributed by atoms with E-state index in [0.29, 0.717) is 13.0 Å². The van der Waals surface area contributed by atoms with Gasteiger partial charge in [-0.15, -0.1) is 0 Å². The van der Waals surface area contributed by atoms with Gasteiger partial charge in [0.15, 0.2) is 0 Å². The molecule has 1 aliphatic heterocycles. The maximum atomic E-state index is 12.2. The van der Waals surface area contributed by atoms with Gasteiger partial charge >= 0.3 is 5.97 Å². The van der Waals surface area contributed by atoms with Gasteiger partial charge in [-0.05, 0) is 64.0 Å². The summed E-state index contributed by atoms with van der Waals surface area (Å²) in [5.41, 5.74) is 0.0978. The van der Waals surface area contributed by atoms with E-state index in [1.165, 1.54) is 58.0 Å². The first-order valence-corrected chi connectivity index (χ1v) is 8.96. The Morgan fingerprint density at radius 3 is 2.62 bits per heavy atom. The molecule has 2 aliphatic rings. The van der Waals surface area contributed by atoms with Crippen LogP contribution in [0.25, 0.3) is 0 Å². The highest BCUT2D eigenvalue weighted by Crippen LogP contribution is 2.43. The standard InChI is InChI=1S/C18H33NO2/c1-4-21-17(20)14-18(19-10-5-6-11-19)9-7-8-16(13-18)12-15(2)3/h15-16H,4-14H2,1-3H3. The Balaban J connectivity index is 2.08. The highest BCUT2D eigenvalue weighted by molar-refractivity contribution is 5.71. The van der Waals surface area contributed by atoms with Gasteiger partial charge < -0.3 is 4.74 Å². The molecule has 0 aromatic carbocycles. The molecular weight excluding hydrogens is 262 g/mol. The minimum atomic E-state index is 0.00889. The molecule has 1 saturated carbocycles. The number of ether oxygens (including phenoxy) is 1. The Morgan fingerprint density at radius 2 is 2.00 bits per heavy atom. The molecule has 0 radical (unpaired) electrons. The molecule has 0 N–H and O–H groups in total. The molecule has 1 saturated heterocycles. The summed E-state index contributed by atoms with van der Waals surface area (Å²) in [6.07, 6.45) is 9.49. The lowest BCUT2D eigenvalue weighted by atomic mass is 9.70. The van der Waals surface area contributed by atoms with Gasteiger partial charge in [-0.3, -0.25) is 9.69 Å². The van der Waals surface area contributed by atoms with Gasteiger partial charge in [-0.2, -0.15) is 0 Å². The first kappa shape index (κ1) is 16.8. The van der Waals surface area contributed by atoms with Crippen molar-refractivity contribution in [2.24, 2.45) is 11.8 Å². The fraction of sp³-hybridized carbons (Fsp3) is 0.944. The average Bonchev–Trinajstić information content (AvgIpc) is 2.92. The SMILES string of the molecule is CCOC(=O)CC1(N2CCCC2)CCCC(CC(C)C)C1. The van der Waals surface area contributed by atoms with E-state index in [1.807, 2.05) is 6.92 Å². The molecule has 2 atom stereocenters. The highest BCUT2D eigenvalue weighted by atomic mass is 16.5. The Kier molecular flexibility index (Phi) is 6.09. The Labute approximate surface area is 130 Å². The van der Waals surface area contributed by atoms with Crippen molar-refractivity contribution < 1.29 is 9.53 Å². The van der Waals surface area contributed by atoms with Crippen molar-refractivity contribution >= 4 is 5.97 Å². The van der Waals surface area contributed by atoms with Gasteiger partial charge in [0.25, 0.3) is 0 Å². The topological polar surface area (TPSA) is 29.5 Å². The van der Waals surface area contributed by atoms with E-state index in [9.17, 15) is 4.79 Å². The zero-order chi connectivity index (χ0) is 15.3. The van der Waals surface area contributed by atoms with Crippen LogP contribution >= 0.6 is 0 Å². The van der Waals surface area contributed by atoms with Gasteiger partial charge in [0, 0.05) is 5.54 Å². The van der Waals surface area contributed by atoms with Crippen molar-refractivity contribution in [3.8, 4) is 0 Å². The molecule has 122 valence electrons. The Morgan fingerprint density at radius 1 is 1.29 bits per heavy atom.